The molecule has 0 heterocycles. The van der Waals surface area contributed by atoms with E-state index in [9.17, 15) is 28.2 Å². The summed E-state index contributed by atoms with van der Waals surface area (Å²) >= 11 is 0. The highest BCUT2D eigenvalue weighted by Gasteiger charge is 2.27. The van der Waals surface area contributed by atoms with Crippen LogP contribution in [0.5, 0.6) is 0 Å². The zero-order chi connectivity index (χ0) is 26.0. The third-order valence-electron chi connectivity index (χ3n) is 6.39. The van der Waals surface area contributed by atoms with Crippen molar-refractivity contribution in [3.05, 3.63) is 29.8 Å². The average molecular weight is 499 g/mol. The van der Waals surface area contributed by atoms with E-state index in [1.54, 1.807) is 52.0 Å². The lowest BCUT2D eigenvalue weighted by Crippen LogP contribution is -2.23. The largest absolute Gasteiger partial charge is 0.481 e. The summed E-state index contributed by atoms with van der Waals surface area (Å²) in [5.74, 6) is -1.63. The molecule has 0 saturated heterocycles. The van der Waals surface area contributed by atoms with E-state index in [2.05, 4.69) is 0 Å². The van der Waals surface area contributed by atoms with E-state index < -0.39 is 39.0 Å². The molecule has 0 bridgehead atoms. The Hall–Kier alpha value is -1.93. The maximum Gasteiger partial charge on any atom is 0.309 e. The highest BCUT2D eigenvalue weighted by Crippen LogP contribution is 2.27. The van der Waals surface area contributed by atoms with Gasteiger partial charge in [0.2, 0.25) is 0 Å². The number of hydrogen-bond donors (Lipinski definition) is 2. The molecule has 194 valence electrons. The summed E-state index contributed by atoms with van der Waals surface area (Å²) in [5, 5.41) is 18.5. The van der Waals surface area contributed by atoms with Gasteiger partial charge < -0.3 is 10.2 Å². The summed E-state index contributed by atoms with van der Waals surface area (Å²) in [6, 6.07) is 6.56. The van der Waals surface area contributed by atoms with Crippen molar-refractivity contribution in [2.45, 2.75) is 110 Å². The maximum absolute atomic E-state index is 12.8. The predicted molar refractivity (Wildman–Crippen MR) is 132 cm³/mol. The van der Waals surface area contributed by atoms with Crippen molar-refractivity contribution < 1.29 is 32.4 Å². The van der Waals surface area contributed by atoms with Crippen LogP contribution in [0.25, 0.3) is 0 Å². The minimum Gasteiger partial charge on any atom is -0.481 e. The minimum absolute atomic E-state index is 0.134. The minimum atomic E-state index is -3.89. The Balaban J connectivity index is 2.66. The summed E-state index contributed by atoms with van der Waals surface area (Å²) in [7, 11) is -3.89. The van der Waals surface area contributed by atoms with Gasteiger partial charge in [-0.3, -0.25) is 13.8 Å². The summed E-state index contributed by atoms with van der Waals surface area (Å²) < 4.78 is 31.2. The molecule has 0 aliphatic rings. The Morgan fingerprint density at radius 2 is 1.21 bits per heavy atom. The van der Waals surface area contributed by atoms with Crippen molar-refractivity contribution in [2.24, 2.45) is 10.8 Å². The Morgan fingerprint density at radius 1 is 0.794 bits per heavy atom. The van der Waals surface area contributed by atoms with Crippen molar-refractivity contribution in [1.82, 2.24) is 0 Å². The first-order chi connectivity index (χ1) is 15.7. The molecule has 0 aromatic heterocycles. The van der Waals surface area contributed by atoms with E-state index in [-0.39, 0.29) is 4.90 Å². The van der Waals surface area contributed by atoms with Gasteiger partial charge in [0.05, 0.1) is 21.8 Å². The fourth-order valence-corrected chi connectivity index (χ4v) is 4.76. The quantitative estimate of drug-likeness (QED) is 0.194. The van der Waals surface area contributed by atoms with Crippen LogP contribution in [-0.4, -0.2) is 36.7 Å². The average Bonchev–Trinajstić information content (AvgIpc) is 2.72. The molecule has 0 fully saturated rings. The van der Waals surface area contributed by atoms with Gasteiger partial charge in [-0.2, -0.15) is 8.42 Å². The monoisotopic (exact) mass is 498 g/mol. The van der Waals surface area contributed by atoms with E-state index >= 15 is 0 Å². The lowest BCUT2D eigenvalue weighted by Gasteiger charge is -2.21. The lowest BCUT2D eigenvalue weighted by atomic mass is 9.86. The molecular formula is C26H42O7S. The second kappa shape index (κ2) is 13.2. The van der Waals surface area contributed by atoms with Gasteiger partial charge >= 0.3 is 11.9 Å². The Labute approximate surface area is 205 Å². The fraction of sp³-hybridized carbons (Fsp3) is 0.692. The van der Waals surface area contributed by atoms with Crippen LogP contribution >= 0.6 is 0 Å². The summed E-state index contributed by atoms with van der Waals surface area (Å²) in [5.41, 5.74) is -0.577. The highest BCUT2D eigenvalue weighted by molar-refractivity contribution is 7.86. The summed E-state index contributed by atoms with van der Waals surface area (Å²) in [6.07, 6.45) is 6.39. The Bertz CT molecular complexity index is 850. The standard InChI is InChI=1S/C26H42O7S/c1-20-14-16-22(17-15-20)34(31,32)33-21(12-8-6-10-18-25(2,3)23(27)28)13-9-7-11-19-26(4,5)24(29)30/h14-17,21H,6-13,18-19H2,1-5H3,(H,27,28)(H,29,30). The Kier molecular flexibility index (Phi) is 11.7. The number of carbonyl (C=O) groups is 2. The van der Waals surface area contributed by atoms with Crippen LogP contribution < -0.4 is 0 Å². The first-order valence-corrected chi connectivity index (χ1v) is 13.5. The number of hydrogen-bond acceptors (Lipinski definition) is 5. The van der Waals surface area contributed by atoms with E-state index in [4.69, 9.17) is 4.18 Å². The Morgan fingerprint density at radius 3 is 1.59 bits per heavy atom. The van der Waals surface area contributed by atoms with Crippen LogP contribution in [0.3, 0.4) is 0 Å². The van der Waals surface area contributed by atoms with E-state index in [0.717, 1.165) is 44.1 Å². The molecule has 0 saturated carbocycles. The molecule has 0 spiro atoms. The van der Waals surface area contributed by atoms with Crippen LogP contribution in [0.4, 0.5) is 0 Å². The van der Waals surface area contributed by atoms with Crippen LogP contribution in [0.1, 0.15) is 97.5 Å². The first kappa shape index (κ1) is 30.1. The van der Waals surface area contributed by atoms with Crippen LogP contribution in [0.2, 0.25) is 0 Å². The summed E-state index contributed by atoms with van der Waals surface area (Å²) in [4.78, 5) is 22.6. The normalized spacial score (nSPS) is 12.8. The van der Waals surface area contributed by atoms with Crippen LogP contribution in [-0.2, 0) is 23.9 Å². The molecule has 7 nitrogen and oxygen atoms in total. The van der Waals surface area contributed by atoms with Crippen molar-refractivity contribution in [2.75, 3.05) is 0 Å². The number of carboxylic acids is 2. The summed E-state index contributed by atoms with van der Waals surface area (Å²) in [6.45, 7) is 8.72. The van der Waals surface area contributed by atoms with Crippen molar-refractivity contribution in [1.29, 1.82) is 0 Å². The fourth-order valence-electron chi connectivity index (χ4n) is 3.63. The molecular weight excluding hydrogens is 456 g/mol. The van der Waals surface area contributed by atoms with Gasteiger partial charge in [-0.1, -0.05) is 56.2 Å². The molecule has 0 aliphatic heterocycles. The molecule has 1 rings (SSSR count). The topological polar surface area (TPSA) is 118 Å². The number of benzene rings is 1. The SMILES string of the molecule is Cc1ccc(S(=O)(=O)OC(CCCCCC(C)(C)C(=O)O)CCCCCC(C)(C)C(=O)O)cc1. The van der Waals surface area contributed by atoms with Gasteiger partial charge in [0.15, 0.2) is 0 Å². The molecule has 1 aromatic carbocycles. The smallest absolute Gasteiger partial charge is 0.309 e. The second-order valence-corrected chi connectivity index (χ2v) is 12.1. The predicted octanol–water partition coefficient (Wildman–Crippen LogP) is 6.19. The molecule has 0 radical (unpaired) electrons. The second-order valence-electron chi connectivity index (χ2n) is 10.6. The third-order valence-corrected chi connectivity index (χ3v) is 7.76. The first-order valence-electron chi connectivity index (χ1n) is 12.1. The molecule has 2 N–H and O–H groups in total. The van der Waals surface area contributed by atoms with E-state index in [1.165, 1.54) is 0 Å². The number of carboxylic acid groups (broad SMARTS) is 2. The van der Waals surface area contributed by atoms with Gasteiger partial charge in [-0.05, 0) is 72.4 Å². The van der Waals surface area contributed by atoms with Gasteiger partial charge in [0.1, 0.15) is 0 Å². The lowest BCUT2D eigenvalue weighted by molar-refractivity contribution is -0.148. The highest BCUT2D eigenvalue weighted by atomic mass is 32.2. The number of aryl methyl sites for hydroxylation is 1. The third kappa shape index (κ3) is 10.6. The van der Waals surface area contributed by atoms with Crippen molar-refractivity contribution >= 4 is 22.1 Å². The molecule has 0 unspecified atom stereocenters. The van der Waals surface area contributed by atoms with Crippen LogP contribution in [0, 0.1) is 17.8 Å². The van der Waals surface area contributed by atoms with Gasteiger partial charge in [-0.15, -0.1) is 0 Å². The molecule has 0 aliphatic carbocycles. The zero-order valence-electron chi connectivity index (χ0n) is 21.3. The zero-order valence-corrected chi connectivity index (χ0v) is 22.1. The molecule has 0 amide bonds. The molecule has 1 aromatic rings. The van der Waals surface area contributed by atoms with E-state index in [0.29, 0.717) is 25.7 Å². The molecule has 8 heteroatoms. The number of aliphatic carboxylic acids is 2. The molecule has 0 atom stereocenters. The van der Waals surface area contributed by atoms with Gasteiger partial charge in [0.25, 0.3) is 10.1 Å². The van der Waals surface area contributed by atoms with Crippen LogP contribution in [0.15, 0.2) is 29.2 Å². The van der Waals surface area contributed by atoms with E-state index in [1.807, 2.05) is 6.92 Å². The number of rotatable bonds is 17. The van der Waals surface area contributed by atoms with Gasteiger partial charge in [-0.25, -0.2) is 0 Å². The van der Waals surface area contributed by atoms with Gasteiger partial charge in [0, 0.05) is 0 Å². The van der Waals surface area contributed by atoms with Crippen molar-refractivity contribution in [3.8, 4) is 0 Å². The van der Waals surface area contributed by atoms with Crippen molar-refractivity contribution in [3.63, 3.8) is 0 Å². The molecule has 34 heavy (non-hydrogen) atoms. The number of unbranched alkanes of at least 4 members (excludes halogenated alkanes) is 4. The maximum atomic E-state index is 12.8.